The number of esters is 1. The van der Waals surface area contributed by atoms with Crippen molar-refractivity contribution in [1.82, 2.24) is 4.98 Å². The Morgan fingerprint density at radius 1 is 1.48 bits per heavy atom. The number of carbonyl (C=O) groups excluding carboxylic acids is 1. The Kier molecular flexibility index (Phi) is 4.65. The van der Waals surface area contributed by atoms with Gasteiger partial charge in [0.1, 0.15) is 0 Å². The first kappa shape index (κ1) is 15.1. The Balaban J connectivity index is 2.37. The van der Waals surface area contributed by atoms with E-state index in [4.69, 9.17) is 22.1 Å². The molecule has 0 spiro atoms. The Morgan fingerprint density at radius 3 is 2.86 bits per heavy atom. The summed E-state index contributed by atoms with van der Waals surface area (Å²) < 4.78 is 4.77. The fraction of sp³-hybridized carbons (Fsp3) is 0.200. The van der Waals surface area contributed by atoms with Gasteiger partial charge in [-0.2, -0.15) is 0 Å². The second-order valence-electron chi connectivity index (χ2n) is 4.57. The number of carbonyl (C=O) groups is 1. The Morgan fingerprint density at radius 2 is 2.24 bits per heavy atom. The van der Waals surface area contributed by atoms with Crippen molar-refractivity contribution >= 4 is 28.9 Å². The molecule has 1 aromatic carbocycles. The molecule has 0 saturated heterocycles. The SMILES string of the molecule is COC(=O)c1cc(N)cc(Cl)c1NC(C)c1cccnc1. The highest BCUT2D eigenvalue weighted by molar-refractivity contribution is 6.34. The number of anilines is 2. The number of nitrogens with two attached hydrogens (primary N) is 1. The number of pyridine rings is 1. The van der Waals surface area contributed by atoms with Crippen molar-refractivity contribution in [2.45, 2.75) is 13.0 Å². The smallest absolute Gasteiger partial charge is 0.340 e. The van der Waals surface area contributed by atoms with Crippen molar-refractivity contribution in [3.8, 4) is 0 Å². The molecule has 110 valence electrons. The number of halogens is 1. The maximum atomic E-state index is 11.9. The summed E-state index contributed by atoms with van der Waals surface area (Å²) in [5.41, 5.74) is 7.91. The van der Waals surface area contributed by atoms with Crippen LogP contribution in [0.5, 0.6) is 0 Å². The molecular formula is C15H16ClN3O2. The zero-order valence-electron chi connectivity index (χ0n) is 11.8. The third-order valence-corrected chi connectivity index (χ3v) is 3.36. The monoisotopic (exact) mass is 305 g/mol. The van der Waals surface area contributed by atoms with Crippen LogP contribution in [0.25, 0.3) is 0 Å². The predicted molar refractivity (Wildman–Crippen MR) is 83.5 cm³/mol. The number of benzene rings is 1. The fourth-order valence-electron chi connectivity index (χ4n) is 1.98. The first-order valence-corrected chi connectivity index (χ1v) is 6.74. The molecule has 0 saturated carbocycles. The molecule has 0 radical (unpaired) electrons. The Hall–Kier alpha value is -2.27. The minimum absolute atomic E-state index is 0.0803. The molecule has 2 aromatic rings. The lowest BCUT2D eigenvalue weighted by Crippen LogP contribution is -2.13. The lowest BCUT2D eigenvalue weighted by molar-refractivity contribution is 0.0602. The summed E-state index contributed by atoms with van der Waals surface area (Å²) in [5.74, 6) is -0.495. The molecule has 2 rings (SSSR count). The fourth-order valence-corrected chi connectivity index (χ4v) is 2.26. The zero-order valence-corrected chi connectivity index (χ0v) is 12.5. The van der Waals surface area contributed by atoms with E-state index in [-0.39, 0.29) is 6.04 Å². The molecule has 5 nitrogen and oxygen atoms in total. The molecule has 1 unspecified atom stereocenters. The summed E-state index contributed by atoms with van der Waals surface area (Å²) >= 11 is 6.20. The quantitative estimate of drug-likeness (QED) is 0.669. The van der Waals surface area contributed by atoms with Gasteiger partial charge in [0.15, 0.2) is 0 Å². The number of methoxy groups -OCH3 is 1. The third kappa shape index (κ3) is 3.44. The lowest BCUT2D eigenvalue weighted by atomic mass is 10.1. The first-order chi connectivity index (χ1) is 10.0. The van der Waals surface area contributed by atoms with E-state index in [1.165, 1.54) is 13.2 Å². The lowest BCUT2D eigenvalue weighted by Gasteiger charge is -2.19. The van der Waals surface area contributed by atoms with Crippen LogP contribution in [0.15, 0.2) is 36.7 Å². The number of nitrogens with one attached hydrogen (secondary N) is 1. The Bertz CT molecular complexity index is 647. The number of hydrogen-bond acceptors (Lipinski definition) is 5. The number of rotatable bonds is 4. The Labute approximate surface area is 128 Å². The van der Waals surface area contributed by atoms with Crippen molar-refractivity contribution in [3.63, 3.8) is 0 Å². The van der Waals surface area contributed by atoms with Gasteiger partial charge < -0.3 is 15.8 Å². The molecule has 6 heteroatoms. The number of aromatic nitrogens is 1. The van der Waals surface area contributed by atoms with Crippen LogP contribution >= 0.6 is 11.6 Å². The van der Waals surface area contributed by atoms with E-state index in [0.29, 0.717) is 22.0 Å². The summed E-state index contributed by atoms with van der Waals surface area (Å²) in [6, 6.07) is 6.83. The van der Waals surface area contributed by atoms with Crippen LogP contribution in [0.4, 0.5) is 11.4 Å². The van der Waals surface area contributed by atoms with Gasteiger partial charge in [0, 0.05) is 18.1 Å². The molecule has 0 bridgehead atoms. The van der Waals surface area contributed by atoms with Crippen molar-refractivity contribution in [2.24, 2.45) is 0 Å². The molecule has 1 atom stereocenters. The average molecular weight is 306 g/mol. The van der Waals surface area contributed by atoms with Crippen LogP contribution in [-0.4, -0.2) is 18.1 Å². The zero-order chi connectivity index (χ0) is 15.4. The molecule has 21 heavy (non-hydrogen) atoms. The summed E-state index contributed by atoms with van der Waals surface area (Å²) in [6.07, 6.45) is 3.45. The van der Waals surface area contributed by atoms with Crippen LogP contribution in [-0.2, 0) is 4.74 Å². The molecule has 1 aromatic heterocycles. The second-order valence-corrected chi connectivity index (χ2v) is 4.98. The van der Waals surface area contributed by atoms with E-state index in [0.717, 1.165) is 5.56 Å². The van der Waals surface area contributed by atoms with E-state index in [2.05, 4.69) is 10.3 Å². The average Bonchev–Trinajstić information content (AvgIpc) is 2.49. The van der Waals surface area contributed by atoms with Crippen LogP contribution in [0, 0.1) is 0 Å². The van der Waals surface area contributed by atoms with Crippen LogP contribution in [0.2, 0.25) is 5.02 Å². The minimum atomic E-state index is -0.495. The topological polar surface area (TPSA) is 77.2 Å². The number of ether oxygens (including phenoxy) is 1. The van der Waals surface area contributed by atoms with Crippen LogP contribution in [0.1, 0.15) is 28.9 Å². The summed E-state index contributed by atoms with van der Waals surface area (Å²) in [7, 11) is 1.31. The van der Waals surface area contributed by atoms with Crippen LogP contribution < -0.4 is 11.1 Å². The van der Waals surface area contributed by atoms with Gasteiger partial charge in [-0.15, -0.1) is 0 Å². The maximum Gasteiger partial charge on any atom is 0.340 e. The van der Waals surface area contributed by atoms with E-state index in [1.54, 1.807) is 18.5 Å². The standard InChI is InChI=1S/C15H16ClN3O2/c1-9(10-4-3-5-18-8-10)19-14-12(15(20)21-2)6-11(17)7-13(14)16/h3-9,19H,17H2,1-2H3. The van der Waals surface area contributed by atoms with Gasteiger partial charge >= 0.3 is 5.97 Å². The van der Waals surface area contributed by atoms with Crippen LogP contribution in [0.3, 0.4) is 0 Å². The molecule has 3 N–H and O–H groups in total. The largest absolute Gasteiger partial charge is 0.465 e. The highest BCUT2D eigenvalue weighted by Gasteiger charge is 2.18. The summed E-state index contributed by atoms with van der Waals surface area (Å²) in [5, 5.41) is 3.58. The maximum absolute atomic E-state index is 11.9. The van der Waals surface area contributed by atoms with Crippen molar-refractivity contribution in [1.29, 1.82) is 0 Å². The van der Waals surface area contributed by atoms with E-state index < -0.39 is 5.97 Å². The van der Waals surface area contributed by atoms with Gasteiger partial charge in [0.05, 0.1) is 29.4 Å². The highest BCUT2D eigenvalue weighted by Crippen LogP contribution is 2.32. The molecule has 0 aliphatic rings. The second kappa shape index (κ2) is 6.45. The first-order valence-electron chi connectivity index (χ1n) is 6.36. The van der Waals surface area contributed by atoms with E-state index >= 15 is 0 Å². The third-order valence-electron chi connectivity index (χ3n) is 3.06. The van der Waals surface area contributed by atoms with E-state index in [1.807, 2.05) is 19.1 Å². The minimum Gasteiger partial charge on any atom is -0.465 e. The molecule has 0 aliphatic carbocycles. The normalized spacial score (nSPS) is 11.8. The molecule has 0 aliphatic heterocycles. The van der Waals surface area contributed by atoms with Gasteiger partial charge in [-0.3, -0.25) is 4.98 Å². The number of hydrogen-bond donors (Lipinski definition) is 2. The van der Waals surface area contributed by atoms with Gasteiger partial charge in [-0.25, -0.2) is 4.79 Å². The predicted octanol–water partition coefficient (Wildman–Crippen LogP) is 3.28. The number of nitrogens with zero attached hydrogens (tertiary/aromatic N) is 1. The molecular weight excluding hydrogens is 290 g/mol. The van der Waals surface area contributed by atoms with E-state index in [9.17, 15) is 4.79 Å². The summed E-state index contributed by atoms with van der Waals surface area (Å²) in [4.78, 5) is 15.9. The molecule has 1 heterocycles. The summed E-state index contributed by atoms with van der Waals surface area (Å²) in [6.45, 7) is 1.95. The van der Waals surface area contributed by atoms with Gasteiger partial charge in [-0.05, 0) is 30.7 Å². The van der Waals surface area contributed by atoms with Crippen molar-refractivity contribution in [2.75, 3.05) is 18.2 Å². The number of nitrogen functional groups attached to an aromatic ring is 1. The van der Waals surface area contributed by atoms with Gasteiger partial charge in [0.2, 0.25) is 0 Å². The van der Waals surface area contributed by atoms with Crippen molar-refractivity contribution < 1.29 is 9.53 Å². The van der Waals surface area contributed by atoms with Gasteiger partial charge in [0.25, 0.3) is 0 Å². The van der Waals surface area contributed by atoms with Gasteiger partial charge in [-0.1, -0.05) is 17.7 Å². The molecule has 0 fully saturated rings. The van der Waals surface area contributed by atoms with Crippen molar-refractivity contribution in [3.05, 3.63) is 52.8 Å². The highest BCUT2D eigenvalue weighted by atomic mass is 35.5. The molecule has 0 amide bonds.